The molecule has 1 saturated carbocycles. The van der Waals surface area contributed by atoms with E-state index in [9.17, 15) is 15.0 Å². The van der Waals surface area contributed by atoms with Crippen LogP contribution in [0.15, 0.2) is 42.5 Å². The first kappa shape index (κ1) is 29.9. The van der Waals surface area contributed by atoms with Crippen molar-refractivity contribution in [2.24, 2.45) is 5.14 Å². The minimum Gasteiger partial charge on any atom is -0.492 e. The van der Waals surface area contributed by atoms with Crippen LogP contribution in [0.3, 0.4) is 0 Å². The van der Waals surface area contributed by atoms with Gasteiger partial charge in [0.15, 0.2) is 0 Å². The van der Waals surface area contributed by atoms with Gasteiger partial charge in [0.1, 0.15) is 42.9 Å². The molecule has 12 heteroatoms. The van der Waals surface area contributed by atoms with Crippen molar-refractivity contribution in [3.05, 3.63) is 64.2 Å². The van der Waals surface area contributed by atoms with Gasteiger partial charge in [-0.2, -0.15) is 0 Å². The van der Waals surface area contributed by atoms with Crippen molar-refractivity contribution in [1.29, 1.82) is 0 Å². The van der Waals surface area contributed by atoms with E-state index in [1.54, 1.807) is 6.07 Å². The van der Waals surface area contributed by atoms with E-state index in [1.165, 1.54) is 7.11 Å². The second-order valence-electron chi connectivity index (χ2n) is 9.79. The summed E-state index contributed by atoms with van der Waals surface area (Å²) in [7, 11) is 1.47. The largest absolute Gasteiger partial charge is 0.492 e. The Labute approximate surface area is 238 Å². The summed E-state index contributed by atoms with van der Waals surface area (Å²) in [6.45, 7) is 1.18. The highest BCUT2D eigenvalue weighted by Crippen LogP contribution is 2.36. The van der Waals surface area contributed by atoms with Gasteiger partial charge < -0.3 is 35.1 Å². The molecule has 0 spiro atoms. The molecule has 0 aromatic heterocycles. The predicted octanol–water partition coefficient (Wildman–Crippen LogP) is 2.45. The highest BCUT2D eigenvalue weighted by atomic mass is 35.5. The van der Waals surface area contributed by atoms with E-state index in [-0.39, 0.29) is 18.6 Å². The summed E-state index contributed by atoms with van der Waals surface area (Å²) in [4.78, 5) is 12.2. The average molecular weight is 581 g/mol. The summed E-state index contributed by atoms with van der Waals surface area (Å²) < 4.78 is 20.4. The second kappa shape index (κ2) is 14.5. The van der Waals surface area contributed by atoms with Crippen LogP contribution in [-0.2, 0) is 15.9 Å². The first-order valence-corrected chi connectivity index (χ1v) is 14.3. The zero-order valence-electron chi connectivity index (χ0n) is 21.8. The van der Waals surface area contributed by atoms with Gasteiger partial charge in [-0.1, -0.05) is 35.9 Å². The standard InChI is InChI=1S/C27H37ClN4O6S/c1-36-26-24(34)23(33)22(15-30-27(35)32-19-3-2-4-19)38-25(26)17-7-10-21(28)18(14-17)13-16-5-8-20(9-6-16)37-12-11-31-39-29/h5-10,14,19,22-26,31,33-34H,2-4,11-13,15,29H2,1H3,(H2,30,32,35)/t22-,23-,24+,25+,26-/m1/s1. The maximum atomic E-state index is 12.2. The highest BCUT2D eigenvalue weighted by molar-refractivity contribution is 7.95. The number of carbonyl (C=O) groups is 1. The summed E-state index contributed by atoms with van der Waals surface area (Å²) in [5, 5.41) is 33.1. The number of rotatable bonds is 12. The molecule has 5 atom stereocenters. The molecule has 214 valence electrons. The number of amides is 2. The van der Waals surface area contributed by atoms with E-state index in [4.69, 9.17) is 31.0 Å². The molecule has 2 amide bonds. The maximum Gasteiger partial charge on any atom is 0.315 e. The third-order valence-corrected chi connectivity index (χ3v) is 7.88. The molecule has 1 saturated heterocycles. The normalized spacial score (nSPS) is 25.1. The number of halogens is 1. The molecular formula is C27H37ClN4O6S. The Bertz CT molecular complexity index is 1080. The number of benzene rings is 2. The second-order valence-corrected chi connectivity index (χ2v) is 10.7. The van der Waals surface area contributed by atoms with E-state index in [0.29, 0.717) is 24.6 Å². The van der Waals surface area contributed by atoms with E-state index in [1.807, 2.05) is 36.4 Å². The fourth-order valence-corrected chi connectivity index (χ4v) is 5.11. The monoisotopic (exact) mass is 580 g/mol. The third kappa shape index (κ3) is 7.99. The lowest BCUT2D eigenvalue weighted by atomic mass is 9.89. The van der Waals surface area contributed by atoms with Crippen LogP contribution in [0, 0.1) is 0 Å². The predicted molar refractivity (Wildman–Crippen MR) is 151 cm³/mol. The first-order chi connectivity index (χ1) is 18.9. The number of nitrogens with one attached hydrogen (secondary N) is 3. The van der Waals surface area contributed by atoms with Gasteiger partial charge in [0.05, 0.1) is 0 Å². The molecule has 2 aromatic carbocycles. The molecule has 1 aliphatic heterocycles. The van der Waals surface area contributed by atoms with Gasteiger partial charge in [-0.15, -0.1) is 0 Å². The van der Waals surface area contributed by atoms with Crippen molar-refractivity contribution in [2.75, 3.05) is 26.8 Å². The minimum atomic E-state index is -1.23. The van der Waals surface area contributed by atoms with Gasteiger partial charge in [-0.3, -0.25) is 5.14 Å². The molecule has 1 aliphatic carbocycles. The zero-order chi connectivity index (χ0) is 27.8. The number of aliphatic hydroxyl groups is 2. The van der Waals surface area contributed by atoms with Crippen molar-refractivity contribution < 1.29 is 29.2 Å². The molecule has 1 heterocycles. The van der Waals surface area contributed by atoms with Gasteiger partial charge in [-0.25, -0.2) is 9.52 Å². The third-order valence-electron chi connectivity index (χ3n) is 7.14. The van der Waals surface area contributed by atoms with Crippen LogP contribution in [0.4, 0.5) is 4.79 Å². The number of ether oxygens (including phenoxy) is 3. The van der Waals surface area contributed by atoms with E-state index >= 15 is 0 Å². The van der Waals surface area contributed by atoms with Crippen LogP contribution < -0.4 is 25.2 Å². The Balaban J connectivity index is 1.43. The van der Waals surface area contributed by atoms with Crippen molar-refractivity contribution in [1.82, 2.24) is 15.4 Å². The number of aliphatic hydroxyl groups excluding tert-OH is 2. The Morgan fingerprint density at radius 3 is 2.62 bits per heavy atom. The lowest BCUT2D eigenvalue weighted by Gasteiger charge is -2.42. The lowest BCUT2D eigenvalue weighted by Crippen LogP contribution is -2.58. The summed E-state index contributed by atoms with van der Waals surface area (Å²) >= 11 is 7.61. The van der Waals surface area contributed by atoms with E-state index in [2.05, 4.69) is 15.4 Å². The maximum absolute atomic E-state index is 12.2. The molecule has 0 unspecified atom stereocenters. The molecule has 2 fully saturated rings. The van der Waals surface area contributed by atoms with Crippen LogP contribution in [0.1, 0.15) is 42.1 Å². The summed E-state index contributed by atoms with van der Waals surface area (Å²) in [5.41, 5.74) is 2.67. The summed E-state index contributed by atoms with van der Waals surface area (Å²) in [6, 6.07) is 13.2. The van der Waals surface area contributed by atoms with Crippen LogP contribution in [0.2, 0.25) is 5.02 Å². The van der Waals surface area contributed by atoms with Gasteiger partial charge in [0.2, 0.25) is 0 Å². The Morgan fingerprint density at radius 2 is 1.95 bits per heavy atom. The molecule has 2 aromatic rings. The summed E-state index contributed by atoms with van der Waals surface area (Å²) in [6.07, 6.45) is -1.14. The molecular weight excluding hydrogens is 544 g/mol. The fraction of sp³-hybridized carbons (Fsp3) is 0.519. The molecule has 0 radical (unpaired) electrons. The average Bonchev–Trinajstić information content (AvgIpc) is 2.91. The molecule has 0 bridgehead atoms. The smallest absolute Gasteiger partial charge is 0.315 e. The topological polar surface area (TPSA) is 147 Å². The number of hydrogen-bond donors (Lipinski definition) is 6. The SMILES string of the molecule is CO[C@@H]1[C@@H](O)[C@H](O)[C@@H](CNC(=O)NC2CCC2)O[C@H]1c1ccc(Cl)c(Cc2ccc(OCCNSN)cc2)c1. The van der Waals surface area contributed by atoms with Crippen LogP contribution >= 0.6 is 23.7 Å². The molecule has 2 aliphatic rings. The molecule has 10 nitrogen and oxygen atoms in total. The van der Waals surface area contributed by atoms with Crippen LogP contribution in [0.25, 0.3) is 0 Å². The van der Waals surface area contributed by atoms with Crippen molar-refractivity contribution in [3.8, 4) is 5.75 Å². The number of urea groups is 1. The molecule has 4 rings (SSSR count). The lowest BCUT2D eigenvalue weighted by molar-refractivity contribution is -0.229. The Morgan fingerprint density at radius 1 is 1.18 bits per heavy atom. The Hall–Kier alpha value is -2.09. The minimum absolute atomic E-state index is 0.0414. The van der Waals surface area contributed by atoms with E-state index < -0.39 is 30.5 Å². The summed E-state index contributed by atoms with van der Waals surface area (Å²) in [5.74, 6) is 0.759. The van der Waals surface area contributed by atoms with Gasteiger partial charge in [0, 0.05) is 43.4 Å². The van der Waals surface area contributed by atoms with Crippen molar-refractivity contribution >= 4 is 29.8 Å². The quantitative estimate of drug-likeness (QED) is 0.164. The van der Waals surface area contributed by atoms with Crippen molar-refractivity contribution in [2.45, 2.75) is 62.2 Å². The van der Waals surface area contributed by atoms with E-state index in [0.717, 1.165) is 53.8 Å². The zero-order valence-corrected chi connectivity index (χ0v) is 23.4. The number of hydrogen-bond acceptors (Lipinski definition) is 9. The van der Waals surface area contributed by atoms with Crippen LogP contribution in [-0.4, -0.2) is 73.5 Å². The number of carbonyl (C=O) groups excluding carboxylic acids is 1. The van der Waals surface area contributed by atoms with Crippen molar-refractivity contribution in [3.63, 3.8) is 0 Å². The first-order valence-electron chi connectivity index (χ1n) is 13.1. The van der Waals surface area contributed by atoms with Crippen LogP contribution in [0.5, 0.6) is 5.75 Å². The van der Waals surface area contributed by atoms with Gasteiger partial charge in [0.25, 0.3) is 0 Å². The van der Waals surface area contributed by atoms with Gasteiger partial charge in [-0.05, 0) is 60.6 Å². The molecule has 39 heavy (non-hydrogen) atoms. The Kier molecular flexibility index (Phi) is 11.1. The molecule has 7 N–H and O–H groups in total. The number of methoxy groups -OCH3 is 1. The highest BCUT2D eigenvalue weighted by Gasteiger charge is 2.45. The fourth-order valence-electron chi connectivity index (χ4n) is 4.72. The number of nitrogens with two attached hydrogens (primary N) is 1. The van der Waals surface area contributed by atoms with Gasteiger partial charge >= 0.3 is 6.03 Å².